The van der Waals surface area contributed by atoms with E-state index >= 15 is 0 Å². The highest BCUT2D eigenvalue weighted by Crippen LogP contribution is 2.34. The molecule has 2 rings (SSSR count). The Labute approximate surface area is 152 Å². The summed E-state index contributed by atoms with van der Waals surface area (Å²) in [7, 11) is 0. The molecule has 0 bridgehead atoms. The summed E-state index contributed by atoms with van der Waals surface area (Å²) < 4.78 is 44.8. The smallest absolute Gasteiger partial charge is 0.418 e. The van der Waals surface area contributed by atoms with Gasteiger partial charge in [-0.3, -0.25) is 4.79 Å². The lowest BCUT2D eigenvalue weighted by molar-refractivity contribution is -0.137. The molecule has 2 aromatic carbocycles. The summed E-state index contributed by atoms with van der Waals surface area (Å²) in [5.74, 6) is -0.208. The third-order valence-corrected chi connectivity index (χ3v) is 4.02. The van der Waals surface area contributed by atoms with E-state index in [2.05, 4.69) is 28.2 Å². The molecule has 0 atom stereocenters. The molecular weight excluding hydrogens is 399 g/mol. The highest BCUT2D eigenvalue weighted by atomic mass is 79.9. The molecule has 25 heavy (non-hydrogen) atoms. The van der Waals surface area contributed by atoms with Crippen LogP contribution in [-0.4, -0.2) is 12.5 Å². The van der Waals surface area contributed by atoms with Crippen LogP contribution in [0.3, 0.4) is 0 Å². The summed E-state index contributed by atoms with van der Waals surface area (Å²) in [6.45, 7) is 1.68. The molecule has 0 spiro atoms. The largest absolute Gasteiger partial charge is 0.483 e. The molecule has 7 heteroatoms. The minimum Gasteiger partial charge on any atom is -0.483 e. The average molecular weight is 416 g/mol. The first kappa shape index (κ1) is 19.3. The number of anilines is 1. The van der Waals surface area contributed by atoms with Crippen LogP contribution in [-0.2, 0) is 17.4 Å². The fraction of sp³-hybridized carbons (Fsp3) is 0.278. The van der Waals surface area contributed by atoms with Crippen LogP contribution in [0, 0.1) is 0 Å². The maximum absolute atomic E-state index is 12.9. The summed E-state index contributed by atoms with van der Waals surface area (Å²) in [4.78, 5) is 11.9. The Balaban J connectivity index is 2.00. The van der Waals surface area contributed by atoms with Gasteiger partial charge in [-0.1, -0.05) is 31.5 Å². The first-order chi connectivity index (χ1) is 11.8. The van der Waals surface area contributed by atoms with Crippen molar-refractivity contribution in [1.82, 2.24) is 0 Å². The minimum absolute atomic E-state index is 0.291. The van der Waals surface area contributed by atoms with E-state index in [0.717, 1.165) is 24.5 Å². The molecule has 0 unspecified atom stereocenters. The van der Waals surface area contributed by atoms with Gasteiger partial charge in [0.25, 0.3) is 5.91 Å². The highest BCUT2D eigenvalue weighted by Gasteiger charge is 2.33. The molecule has 0 aromatic heterocycles. The van der Waals surface area contributed by atoms with Gasteiger partial charge in [0.15, 0.2) is 6.61 Å². The molecule has 0 heterocycles. The van der Waals surface area contributed by atoms with Crippen molar-refractivity contribution in [2.75, 3.05) is 11.9 Å². The standard InChI is InChI=1S/C18H17BrF3NO2/c1-2-5-12-8-9-16(14(19)10-12)25-11-17(24)23-15-7-4-3-6-13(15)18(20,21)22/h3-4,6-10H,2,5,11H2,1H3,(H,23,24). The fourth-order valence-corrected chi connectivity index (χ4v) is 2.82. The summed E-state index contributed by atoms with van der Waals surface area (Å²) >= 11 is 3.37. The lowest BCUT2D eigenvalue weighted by atomic mass is 10.1. The monoisotopic (exact) mass is 415 g/mol. The van der Waals surface area contributed by atoms with Crippen LogP contribution in [0.15, 0.2) is 46.9 Å². The number of halogens is 4. The normalized spacial score (nSPS) is 11.2. The maximum atomic E-state index is 12.9. The van der Waals surface area contributed by atoms with E-state index in [1.807, 2.05) is 12.1 Å². The van der Waals surface area contributed by atoms with E-state index in [4.69, 9.17) is 4.74 Å². The molecule has 3 nitrogen and oxygen atoms in total. The van der Waals surface area contributed by atoms with Crippen molar-refractivity contribution in [3.63, 3.8) is 0 Å². The summed E-state index contributed by atoms with van der Waals surface area (Å²) in [5, 5.41) is 2.24. The van der Waals surface area contributed by atoms with Crippen molar-refractivity contribution in [2.45, 2.75) is 25.9 Å². The number of carbonyl (C=O) groups excluding carboxylic acids is 1. The minimum atomic E-state index is -4.54. The molecule has 2 aromatic rings. The number of benzene rings is 2. The van der Waals surface area contributed by atoms with E-state index in [1.165, 1.54) is 18.2 Å². The number of alkyl halides is 3. The van der Waals surface area contributed by atoms with Gasteiger partial charge < -0.3 is 10.1 Å². The second kappa shape index (κ2) is 8.38. The number of nitrogens with one attached hydrogen (secondary N) is 1. The van der Waals surface area contributed by atoms with Gasteiger partial charge in [-0.25, -0.2) is 0 Å². The number of aryl methyl sites for hydroxylation is 1. The second-order valence-corrected chi connectivity index (χ2v) is 6.25. The summed E-state index contributed by atoms with van der Waals surface area (Å²) in [5.41, 5.74) is -0.0558. The average Bonchev–Trinajstić information content (AvgIpc) is 2.54. The molecule has 134 valence electrons. The fourth-order valence-electron chi connectivity index (χ4n) is 2.27. The van der Waals surface area contributed by atoms with Gasteiger partial charge >= 0.3 is 6.18 Å². The zero-order chi connectivity index (χ0) is 18.4. The number of rotatable bonds is 6. The number of carbonyl (C=O) groups is 1. The van der Waals surface area contributed by atoms with Gasteiger partial charge in [0.1, 0.15) is 5.75 Å². The predicted molar refractivity (Wildman–Crippen MR) is 93.7 cm³/mol. The van der Waals surface area contributed by atoms with Crippen LogP contribution in [0.25, 0.3) is 0 Å². The zero-order valence-electron chi connectivity index (χ0n) is 13.5. The lowest BCUT2D eigenvalue weighted by Gasteiger charge is -2.14. The summed E-state index contributed by atoms with van der Waals surface area (Å²) in [6, 6.07) is 10.3. The number of amides is 1. The van der Waals surface area contributed by atoms with Crippen LogP contribution in [0.2, 0.25) is 0 Å². The maximum Gasteiger partial charge on any atom is 0.418 e. The van der Waals surface area contributed by atoms with Crippen molar-refractivity contribution in [3.05, 3.63) is 58.1 Å². The van der Waals surface area contributed by atoms with Crippen LogP contribution in [0.5, 0.6) is 5.75 Å². The third kappa shape index (κ3) is 5.49. The molecule has 0 aliphatic rings. The molecule has 0 fully saturated rings. The number of para-hydroxylation sites is 1. The number of hydrogen-bond acceptors (Lipinski definition) is 2. The van der Waals surface area contributed by atoms with Crippen molar-refractivity contribution in [1.29, 1.82) is 0 Å². The van der Waals surface area contributed by atoms with Crippen molar-refractivity contribution in [2.24, 2.45) is 0 Å². The van der Waals surface area contributed by atoms with Gasteiger partial charge in [0.05, 0.1) is 15.7 Å². The Kier molecular flexibility index (Phi) is 6.47. The Morgan fingerprint density at radius 2 is 1.92 bits per heavy atom. The molecule has 0 aliphatic heterocycles. The molecule has 0 saturated carbocycles. The Hall–Kier alpha value is -2.02. The van der Waals surface area contributed by atoms with E-state index < -0.39 is 24.3 Å². The zero-order valence-corrected chi connectivity index (χ0v) is 15.1. The third-order valence-electron chi connectivity index (χ3n) is 3.40. The van der Waals surface area contributed by atoms with Crippen molar-refractivity contribution >= 4 is 27.5 Å². The Morgan fingerprint density at radius 1 is 1.20 bits per heavy atom. The van der Waals surface area contributed by atoms with Gasteiger partial charge in [-0.15, -0.1) is 0 Å². The van der Waals surface area contributed by atoms with Crippen LogP contribution in [0.1, 0.15) is 24.5 Å². The SMILES string of the molecule is CCCc1ccc(OCC(=O)Nc2ccccc2C(F)(F)F)c(Br)c1. The summed E-state index contributed by atoms with van der Waals surface area (Å²) in [6.07, 6.45) is -2.61. The first-order valence-electron chi connectivity index (χ1n) is 7.68. The van der Waals surface area contributed by atoms with Crippen molar-refractivity contribution < 1.29 is 22.7 Å². The second-order valence-electron chi connectivity index (χ2n) is 5.39. The van der Waals surface area contributed by atoms with Gasteiger partial charge in [0.2, 0.25) is 0 Å². The van der Waals surface area contributed by atoms with Crippen LogP contribution in [0.4, 0.5) is 18.9 Å². The van der Waals surface area contributed by atoms with Crippen LogP contribution >= 0.6 is 15.9 Å². The Bertz CT molecular complexity index is 747. The van der Waals surface area contributed by atoms with E-state index in [0.29, 0.717) is 10.2 Å². The topological polar surface area (TPSA) is 38.3 Å². The van der Waals surface area contributed by atoms with Crippen LogP contribution < -0.4 is 10.1 Å². The molecule has 0 radical (unpaired) electrons. The quantitative estimate of drug-likeness (QED) is 0.682. The lowest BCUT2D eigenvalue weighted by Crippen LogP contribution is -2.22. The van der Waals surface area contributed by atoms with Gasteiger partial charge in [-0.2, -0.15) is 13.2 Å². The Morgan fingerprint density at radius 3 is 2.56 bits per heavy atom. The highest BCUT2D eigenvalue weighted by molar-refractivity contribution is 9.10. The van der Waals surface area contributed by atoms with E-state index in [1.54, 1.807) is 6.07 Å². The molecule has 0 saturated heterocycles. The number of ether oxygens (including phenoxy) is 1. The van der Waals surface area contributed by atoms with Crippen molar-refractivity contribution in [3.8, 4) is 5.75 Å². The molecular formula is C18H17BrF3NO2. The molecule has 1 N–H and O–H groups in total. The van der Waals surface area contributed by atoms with Gasteiger partial charge in [-0.05, 0) is 52.2 Å². The molecule has 1 amide bonds. The molecule has 0 aliphatic carbocycles. The van der Waals surface area contributed by atoms with E-state index in [-0.39, 0.29) is 5.69 Å². The first-order valence-corrected chi connectivity index (χ1v) is 8.48. The van der Waals surface area contributed by atoms with E-state index in [9.17, 15) is 18.0 Å². The predicted octanol–water partition coefficient (Wildman–Crippen LogP) is 5.44. The van der Waals surface area contributed by atoms with Gasteiger partial charge in [0, 0.05) is 0 Å². The number of hydrogen-bond donors (Lipinski definition) is 1.